The Labute approximate surface area is 108 Å². The summed E-state index contributed by atoms with van der Waals surface area (Å²) in [7, 11) is -3.38. The van der Waals surface area contributed by atoms with Crippen LogP contribution in [0.3, 0.4) is 0 Å². The lowest BCUT2D eigenvalue weighted by molar-refractivity contribution is -0.138. The van der Waals surface area contributed by atoms with Crippen molar-refractivity contribution in [3.05, 3.63) is 0 Å². The van der Waals surface area contributed by atoms with Crippen molar-refractivity contribution in [2.24, 2.45) is 0 Å². The zero-order chi connectivity index (χ0) is 13.8. The third-order valence-corrected chi connectivity index (χ3v) is 5.23. The summed E-state index contributed by atoms with van der Waals surface area (Å²) in [6.45, 7) is 6.13. The molecule has 1 fully saturated rings. The van der Waals surface area contributed by atoms with Crippen molar-refractivity contribution in [2.75, 3.05) is 45.8 Å². The Morgan fingerprint density at radius 1 is 1.17 bits per heavy atom. The topological polar surface area (TPSA) is 81.2 Å². The number of carboxylic acid groups (broad SMARTS) is 1. The molecule has 0 atom stereocenters. The van der Waals surface area contributed by atoms with E-state index < -0.39 is 16.2 Å². The first kappa shape index (κ1) is 15.4. The molecule has 0 radical (unpaired) electrons. The van der Waals surface area contributed by atoms with E-state index in [1.807, 2.05) is 13.8 Å². The van der Waals surface area contributed by atoms with Gasteiger partial charge in [0, 0.05) is 39.3 Å². The van der Waals surface area contributed by atoms with Crippen molar-refractivity contribution in [3.8, 4) is 0 Å². The van der Waals surface area contributed by atoms with Gasteiger partial charge in [0.05, 0.1) is 6.54 Å². The van der Waals surface area contributed by atoms with E-state index in [9.17, 15) is 13.2 Å². The molecule has 18 heavy (non-hydrogen) atoms. The second kappa shape index (κ2) is 6.46. The van der Waals surface area contributed by atoms with Crippen molar-refractivity contribution >= 4 is 16.2 Å². The van der Waals surface area contributed by atoms with Crippen LogP contribution in [0.2, 0.25) is 0 Å². The zero-order valence-corrected chi connectivity index (χ0v) is 11.7. The first-order valence-corrected chi connectivity index (χ1v) is 7.50. The summed E-state index contributed by atoms with van der Waals surface area (Å²) >= 11 is 0. The van der Waals surface area contributed by atoms with Crippen LogP contribution in [-0.2, 0) is 15.0 Å². The van der Waals surface area contributed by atoms with Gasteiger partial charge in [-0.1, -0.05) is 13.8 Å². The molecule has 0 bridgehead atoms. The first-order chi connectivity index (χ1) is 8.41. The van der Waals surface area contributed by atoms with Crippen LogP contribution in [-0.4, -0.2) is 78.8 Å². The van der Waals surface area contributed by atoms with Crippen LogP contribution in [0.25, 0.3) is 0 Å². The molecule has 0 aromatic heterocycles. The van der Waals surface area contributed by atoms with E-state index in [2.05, 4.69) is 0 Å². The highest BCUT2D eigenvalue weighted by Crippen LogP contribution is 2.11. The van der Waals surface area contributed by atoms with E-state index in [-0.39, 0.29) is 6.54 Å². The SMILES string of the molecule is CCN(CC)S(=O)(=O)N1CCN(CC(=O)O)CC1. The molecule has 1 saturated heterocycles. The lowest BCUT2D eigenvalue weighted by Gasteiger charge is -2.35. The number of piperazine rings is 1. The van der Waals surface area contributed by atoms with Crippen LogP contribution in [0.4, 0.5) is 0 Å². The van der Waals surface area contributed by atoms with Crippen LogP contribution in [0.5, 0.6) is 0 Å². The van der Waals surface area contributed by atoms with Crippen molar-refractivity contribution in [1.29, 1.82) is 0 Å². The maximum Gasteiger partial charge on any atom is 0.317 e. The molecular formula is C10H21N3O4S. The number of nitrogens with zero attached hydrogens (tertiary/aromatic N) is 3. The Hall–Kier alpha value is -0.700. The predicted molar refractivity (Wildman–Crippen MR) is 67.5 cm³/mol. The van der Waals surface area contributed by atoms with Gasteiger partial charge in [0.1, 0.15) is 0 Å². The smallest absolute Gasteiger partial charge is 0.317 e. The molecule has 1 N–H and O–H groups in total. The molecule has 1 aliphatic rings. The van der Waals surface area contributed by atoms with Gasteiger partial charge in [0.25, 0.3) is 10.2 Å². The Balaban J connectivity index is 2.59. The molecule has 0 aromatic rings. The minimum absolute atomic E-state index is 0.0286. The average Bonchev–Trinajstić information content (AvgIpc) is 2.30. The molecule has 0 saturated carbocycles. The Morgan fingerprint density at radius 2 is 1.67 bits per heavy atom. The molecule has 1 heterocycles. The molecule has 8 heteroatoms. The molecule has 0 spiro atoms. The lowest BCUT2D eigenvalue weighted by Crippen LogP contribution is -2.53. The molecule has 0 aromatic carbocycles. The summed E-state index contributed by atoms with van der Waals surface area (Å²) in [5.74, 6) is -0.880. The molecule has 0 unspecified atom stereocenters. The number of carbonyl (C=O) groups is 1. The average molecular weight is 279 g/mol. The number of hydrogen-bond donors (Lipinski definition) is 1. The second-order valence-corrected chi connectivity index (χ2v) is 6.09. The number of aliphatic carboxylic acids is 1. The van der Waals surface area contributed by atoms with Crippen LogP contribution < -0.4 is 0 Å². The van der Waals surface area contributed by atoms with Crippen molar-refractivity contribution in [3.63, 3.8) is 0 Å². The van der Waals surface area contributed by atoms with E-state index in [1.54, 1.807) is 4.90 Å². The summed E-state index contributed by atoms with van der Waals surface area (Å²) in [5.41, 5.74) is 0. The largest absolute Gasteiger partial charge is 0.480 e. The third kappa shape index (κ3) is 3.64. The van der Waals surface area contributed by atoms with Gasteiger partial charge in [-0.3, -0.25) is 9.69 Å². The van der Waals surface area contributed by atoms with Gasteiger partial charge >= 0.3 is 5.97 Å². The van der Waals surface area contributed by atoms with Crippen LogP contribution in [0.15, 0.2) is 0 Å². The fourth-order valence-electron chi connectivity index (χ4n) is 2.02. The van der Waals surface area contributed by atoms with E-state index in [0.717, 1.165) is 0 Å². The summed E-state index contributed by atoms with van der Waals surface area (Å²) in [6.07, 6.45) is 0. The molecule has 0 amide bonds. The van der Waals surface area contributed by atoms with Gasteiger partial charge in [0.2, 0.25) is 0 Å². The Kier molecular flexibility index (Phi) is 5.51. The second-order valence-electron chi connectivity index (χ2n) is 4.16. The molecular weight excluding hydrogens is 258 g/mol. The van der Waals surface area contributed by atoms with E-state index in [1.165, 1.54) is 8.61 Å². The highest BCUT2D eigenvalue weighted by atomic mass is 32.2. The van der Waals surface area contributed by atoms with Gasteiger partial charge < -0.3 is 5.11 Å². The fraction of sp³-hybridized carbons (Fsp3) is 0.900. The molecule has 1 rings (SSSR count). The van der Waals surface area contributed by atoms with Crippen LogP contribution in [0.1, 0.15) is 13.8 Å². The molecule has 106 valence electrons. The van der Waals surface area contributed by atoms with Crippen molar-refractivity contribution in [2.45, 2.75) is 13.8 Å². The normalized spacial score (nSPS) is 19.3. The quantitative estimate of drug-likeness (QED) is 0.693. The van der Waals surface area contributed by atoms with Crippen molar-refractivity contribution in [1.82, 2.24) is 13.5 Å². The minimum atomic E-state index is -3.38. The Bertz CT molecular complexity index is 373. The van der Waals surface area contributed by atoms with Crippen LogP contribution >= 0.6 is 0 Å². The number of rotatable bonds is 6. The van der Waals surface area contributed by atoms with Crippen LogP contribution in [0, 0.1) is 0 Å². The zero-order valence-electron chi connectivity index (χ0n) is 10.9. The number of carboxylic acids is 1. The lowest BCUT2D eigenvalue weighted by atomic mass is 10.3. The first-order valence-electron chi connectivity index (χ1n) is 6.11. The molecule has 0 aliphatic carbocycles. The van der Waals surface area contributed by atoms with E-state index in [4.69, 9.17) is 5.11 Å². The molecule has 7 nitrogen and oxygen atoms in total. The van der Waals surface area contributed by atoms with Crippen molar-refractivity contribution < 1.29 is 18.3 Å². The summed E-state index contributed by atoms with van der Waals surface area (Å²) in [5, 5.41) is 8.67. The highest BCUT2D eigenvalue weighted by Gasteiger charge is 2.30. The fourth-order valence-corrected chi connectivity index (χ4v) is 3.63. The van der Waals surface area contributed by atoms with E-state index in [0.29, 0.717) is 39.3 Å². The number of hydrogen-bond acceptors (Lipinski definition) is 4. The van der Waals surface area contributed by atoms with Gasteiger partial charge in [-0.2, -0.15) is 17.0 Å². The van der Waals surface area contributed by atoms with Gasteiger partial charge in [-0.15, -0.1) is 0 Å². The predicted octanol–water partition coefficient (Wildman–Crippen LogP) is -0.725. The molecule has 1 aliphatic heterocycles. The highest BCUT2D eigenvalue weighted by molar-refractivity contribution is 7.86. The van der Waals surface area contributed by atoms with Gasteiger partial charge in [-0.05, 0) is 0 Å². The minimum Gasteiger partial charge on any atom is -0.480 e. The summed E-state index contributed by atoms with van der Waals surface area (Å²) < 4.78 is 27.2. The summed E-state index contributed by atoms with van der Waals surface area (Å²) in [6, 6.07) is 0. The van der Waals surface area contributed by atoms with Gasteiger partial charge in [0.15, 0.2) is 0 Å². The monoisotopic (exact) mass is 279 g/mol. The van der Waals surface area contributed by atoms with E-state index >= 15 is 0 Å². The summed E-state index contributed by atoms with van der Waals surface area (Å²) in [4.78, 5) is 12.3. The standard InChI is InChI=1S/C10H21N3O4S/c1-3-12(4-2)18(16,17)13-7-5-11(6-8-13)9-10(14)15/h3-9H2,1-2H3,(H,14,15). The maximum atomic E-state index is 12.2. The third-order valence-electron chi connectivity index (χ3n) is 3.05. The Morgan fingerprint density at radius 3 is 2.06 bits per heavy atom. The van der Waals surface area contributed by atoms with Gasteiger partial charge in [-0.25, -0.2) is 0 Å². The maximum absolute atomic E-state index is 12.2.